The summed E-state index contributed by atoms with van der Waals surface area (Å²) in [4.78, 5) is 35.6. The zero-order valence-electron chi connectivity index (χ0n) is 16.5. The minimum absolute atomic E-state index is 0.103. The topological polar surface area (TPSA) is 96.5 Å². The number of hydrazine groups is 1. The lowest BCUT2D eigenvalue weighted by molar-refractivity contribution is -0.123. The Kier molecular flexibility index (Phi) is 7.14. The average molecular weight is 383 g/mol. The molecule has 0 spiro atoms. The molecule has 0 fully saturated rings. The molecule has 0 radical (unpaired) electrons. The Bertz CT molecular complexity index is 860. The Balaban J connectivity index is 1.80. The van der Waals surface area contributed by atoms with E-state index in [4.69, 9.17) is 4.74 Å². The van der Waals surface area contributed by atoms with Crippen LogP contribution in [0.5, 0.6) is 5.75 Å². The monoisotopic (exact) mass is 383 g/mol. The van der Waals surface area contributed by atoms with Gasteiger partial charge in [0.05, 0.1) is 0 Å². The molecule has 7 heteroatoms. The number of aryl methyl sites for hydroxylation is 2. The molecule has 0 aliphatic heterocycles. The number of nitrogens with one attached hydrogen (secondary N) is 3. The van der Waals surface area contributed by atoms with Gasteiger partial charge in [0.15, 0.2) is 6.61 Å². The Morgan fingerprint density at radius 1 is 0.929 bits per heavy atom. The van der Waals surface area contributed by atoms with Crippen molar-refractivity contribution in [3.05, 3.63) is 59.2 Å². The Morgan fingerprint density at radius 2 is 1.61 bits per heavy atom. The van der Waals surface area contributed by atoms with Crippen LogP contribution in [0.4, 0.5) is 5.69 Å². The van der Waals surface area contributed by atoms with Crippen LogP contribution in [-0.2, 0) is 9.59 Å². The van der Waals surface area contributed by atoms with E-state index in [1.54, 1.807) is 44.2 Å². The molecule has 0 aromatic heterocycles. The van der Waals surface area contributed by atoms with Crippen LogP contribution >= 0.6 is 0 Å². The van der Waals surface area contributed by atoms with Crippen LogP contribution in [-0.4, -0.2) is 24.3 Å². The van der Waals surface area contributed by atoms with Gasteiger partial charge in [0.2, 0.25) is 5.91 Å². The van der Waals surface area contributed by atoms with Gasteiger partial charge in [0.1, 0.15) is 5.75 Å². The third kappa shape index (κ3) is 6.12. The summed E-state index contributed by atoms with van der Waals surface area (Å²) in [7, 11) is 0. The van der Waals surface area contributed by atoms with Crippen molar-refractivity contribution < 1.29 is 19.1 Å². The summed E-state index contributed by atoms with van der Waals surface area (Å²) < 4.78 is 5.41. The van der Waals surface area contributed by atoms with Crippen molar-refractivity contribution in [3.63, 3.8) is 0 Å². The van der Waals surface area contributed by atoms with Crippen LogP contribution < -0.4 is 20.9 Å². The van der Waals surface area contributed by atoms with E-state index in [-0.39, 0.29) is 18.4 Å². The van der Waals surface area contributed by atoms with Crippen LogP contribution in [0.25, 0.3) is 0 Å². The summed E-state index contributed by atoms with van der Waals surface area (Å²) in [6.45, 7) is 7.32. The lowest BCUT2D eigenvalue weighted by Crippen LogP contribution is -2.43. The fourth-order valence-electron chi connectivity index (χ4n) is 2.18. The van der Waals surface area contributed by atoms with Crippen molar-refractivity contribution in [1.82, 2.24) is 10.9 Å². The van der Waals surface area contributed by atoms with Crippen LogP contribution in [0.15, 0.2) is 42.5 Å². The number of rotatable bonds is 6. The van der Waals surface area contributed by atoms with Crippen LogP contribution in [0.1, 0.15) is 35.3 Å². The zero-order valence-corrected chi connectivity index (χ0v) is 16.5. The highest BCUT2D eigenvalue weighted by Crippen LogP contribution is 2.16. The summed E-state index contributed by atoms with van der Waals surface area (Å²) in [5.41, 5.74) is 7.78. The maximum Gasteiger partial charge on any atom is 0.276 e. The molecule has 0 saturated heterocycles. The molecular weight excluding hydrogens is 358 g/mol. The molecule has 2 aromatic carbocycles. The summed E-state index contributed by atoms with van der Waals surface area (Å²) >= 11 is 0. The normalized spacial score (nSPS) is 10.3. The quantitative estimate of drug-likeness (QED) is 0.668. The molecule has 0 bridgehead atoms. The summed E-state index contributed by atoms with van der Waals surface area (Å²) in [6, 6.07) is 11.9. The van der Waals surface area contributed by atoms with Gasteiger partial charge in [-0.1, -0.05) is 19.9 Å². The molecule has 0 aliphatic rings. The number of ether oxygens (including phenoxy) is 1. The maximum absolute atomic E-state index is 12.1. The first-order valence-electron chi connectivity index (χ1n) is 8.96. The molecule has 0 aliphatic carbocycles. The average Bonchev–Trinajstić information content (AvgIpc) is 2.67. The predicted octanol–water partition coefficient (Wildman–Crippen LogP) is 2.74. The first-order valence-corrected chi connectivity index (χ1v) is 8.96. The Labute approximate surface area is 164 Å². The standard InChI is InChI=1S/C21H25N3O4/c1-13(2)20(26)22-17-8-6-16(7-9-17)21(27)24-23-19(25)12-28-18-10-5-14(3)15(4)11-18/h5-11,13H,12H2,1-4H3,(H,22,26)(H,23,25)(H,24,27). The third-order valence-electron chi connectivity index (χ3n) is 4.10. The van der Waals surface area contributed by atoms with Gasteiger partial charge < -0.3 is 10.1 Å². The number of hydrogen-bond donors (Lipinski definition) is 3. The molecule has 0 heterocycles. The Morgan fingerprint density at radius 3 is 2.21 bits per heavy atom. The van der Waals surface area contributed by atoms with Gasteiger partial charge in [-0.25, -0.2) is 0 Å². The highest BCUT2D eigenvalue weighted by atomic mass is 16.5. The van der Waals surface area contributed by atoms with Crippen molar-refractivity contribution in [2.24, 2.45) is 5.92 Å². The van der Waals surface area contributed by atoms with Gasteiger partial charge >= 0.3 is 0 Å². The SMILES string of the molecule is Cc1ccc(OCC(=O)NNC(=O)c2ccc(NC(=O)C(C)C)cc2)cc1C. The van der Waals surface area contributed by atoms with Crippen molar-refractivity contribution in [3.8, 4) is 5.75 Å². The molecule has 28 heavy (non-hydrogen) atoms. The van der Waals surface area contributed by atoms with Crippen LogP contribution in [0, 0.1) is 19.8 Å². The van der Waals surface area contributed by atoms with Crippen molar-refractivity contribution in [2.75, 3.05) is 11.9 Å². The summed E-state index contributed by atoms with van der Waals surface area (Å²) in [6.07, 6.45) is 0. The molecular formula is C21H25N3O4. The van der Waals surface area contributed by atoms with E-state index in [0.29, 0.717) is 17.0 Å². The van der Waals surface area contributed by atoms with E-state index in [2.05, 4.69) is 16.2 Å². The van der Waals surface area contributed by atoms with E-state index in [1.165, 1.54) is 0 Å². The van der Waals surface area contributed by atoms with Gasteiger partial charge in [-0.15, -0.1) is 0 Å². The fourth-order valence-corrected chi connectivity index (χ4v) is 2.18. The van der Waals surface area contributed by atoms with Gasteiger partial charge in [-0.05, 0) is 61.4 Å². The number of carbonyl (C=O) groups is 3. The highest BCUT2D eigenvalue weighted by Gasteiger charge is 2.10. The van der Waals surface area contributed by atoms with Crippen molar-refractivity contribution in [1.29, 1.82) is 0 Å². The lowest BCUT2D eigenvalue weighted by atomic mass is 10.1. The van der Waals surface area contributed by atoms with E-state index in [9.17, 15) is 14.4 Å². The smallest absolute Gasteiger partial charge is 0.276 e. The van der Waals surface area contributed by atoms with Gasteiger partial charge in [-0.2, -0.15) is 0 Å². The lowest BCUT2D eigenvalue weighted by Gasteiger charge is -2.11. The van der Waals surface area contributed by atoms with E-state index < -0.39 is 11.8 Å². The van der Waals surface area contributed by atoms with Crippen molar-refractivity contribution in [2.45, 2.75) is 27.7 Å². The molecule has 0 saturated carbocycles. The predicted molar refractivity (Wildman–Crippen MR) is 107 cm³/mol. The second kappa shape index (κ2) is 9.55. The molecule has 7 nitrogen and oxygen atoms in total. The molecule has 2 aromatic rings. The second-order valence-electron chi connectivity index (χ2n) is 6.76. The number of benzene rings is 2. The van der Waals surface area contributed by atoms with Gasteiger partial charge in [0, 0.05) is 17.2 Å². The minimum Gasteiger partial charge on any atom is -0.484 e. The number of hydrogen-bond acceptors (Lipinski definition) is 4. The summed E-state index contributed by atoms with van der Waals surface area (Å²) in [5.74, 6) is -0.602. The van der Waals surface area contributed by atoms with Gasteiger partial charge in [-0.3, -0.25) is 25.2 Å². The van der Waals surface area contributed by atoms with E-state index in [0.717, 1.165) is 11.1 Å². The first kappa shape index (κ1) is 21.0. The number of anilines is 1. The van der Waals surface area contributed by atoms with Gasteiger partial charge in [0.25, 0.3) is 11.8 Å². The highest BCUT2D eigenvalue weighted by molar-refractivity contribution is 5.97. The molecule has 3 amide bonds. The molecule has 148 valence electrons. The minimum atomic E-state index is -0.479. The van der Waals surface area contributed by atoms with E-state index >= 15 is 0 Å². The first-order chi connectivity index (χ1) is 13.3. The largest absolute Gasteiger partial charge is 0.484 e. The van der Waals surface area contributed by atoms with Crippen LogP contribution in [0.2, 0.25) is 0 Å². The Hall–Kier alpha value is -3.35. The zero-order chi connectivity index (χ0) is 20.7. The molecule has 2 rings (SSSR count). The van der Waals surface area contributed by atoms with Crippen LogP contribution in [0.3, 0.4) is 0 Å². The molecule has 3 N–H and O–H groups in total. The third-order valence-corrected chi connectivity index (χ3v) is 4.10. The fraction of sp³-hybridized carbons (Fsp3) is 0.286. The molecule has 0 unspecified atom stereocenters. The molecule has 0 atom stereocenters. The maximum atomic E-state index is 12.1. The van der Waals surface area contributed by atoms with Crippen molar-refractivity contribution >= 4 is 23.4 Å². The number of amides is 3. The second-order valence-corrected chi connectivity index (χ2v) is 6.76. The van der Waals surface area contributed by atoms with E-state index in [1.807, 2.05) is 26.0 Å². The number of carbonyl (C=O) groups excluding carboxylic acids is 3. The summed E-state index contributed by atoms with van der Waals surface area (Å²) in [5, 5.41) is 2.74.